The Hall–Kier alpha value is -1.72. The van der Waals surface area contributed by atoms with Crippen LogP contribution in [-0.4, -0.2) is 29.0 Å². The Morgan fingerprint density at radius 2 is 1.92 bits per heavy atom. The molecule has 2 aromatic rings. The molecule has 1 unspecified atom stereocenters. The van der Waals surface area contributed by atoms with Crippen LogP contribution in [0.5, 0.6) is 0 Å². The van der Waals surface area contributed by atoms with Crippen molar-refractivity contribution >= 4 is 17.0 Å². The molecule has 0 N–H and O–H groups in total. The Kier molecular flexibility index (Phi) is 8.78. The van der Waals surface area contributed by atoms with Crippen molar-refractivity contribution in [3.05, 3.63) is 62.3 Å². The highest BCUT2D eigenvalue weighted by Gasteiger charge is 2.17. The van der Waals surface area contributed by atoms with E-state index in [-0.39, 0.29) is 10.6 Å². The molecule has 1 aromatic heterocycles. The Morgan fingerprint density at radius 3 is 2.50 bits per heavy atom. The number of non-ortho nitro benzene ring substituents is 1. The minimum Gasteiger partial charge on any atom is -0.300 e. The minimum absolute atomic E-state index is 0.168. The van der Waals surface area contributed by atoms with Crippen molar-refractivity contribution in [3.8, 4) is 0 Å². The molecule has 142 valence electrons. The van der Waals surface area contributed by atoms with Crippen LogP contribution in [0.3, 0.4) is 0 Å². The minimum atomic E-state index is -0.343. The van der Waals surface area contributed by atoms with Gasteiger partial charge in [-0.25, -0.2) is 0 Å². The van der Waals surface area contributed by atoms with E-state index in [0.29, 0.717) is 6.04 Å². The van der Waals surface area contributed by atoms with Crippen molar-refractivity contribution in [2.24, 2.45) is 0 Å². The molecule has 1 atom stereocenters. The predicted molar refractivity (Wildman–Crippen MR) is 110 cm³/mol. The van der Waals surface area contributed by atoms with Gasteiger partial charge in [0.15, 0.2) is 0 Å². The third-order valence-corrected chi connectivity index (χ3v) is 5.77. The lowest BCUT2D eigenvalue weighted by Crippen LogP contribution is -2.37. The molecule has 0 amide bonds. The summed E-state index contributed by atoms with van der Waals surface area (Å²) >= 11 is 1.86. The summed E-state index contributed by atoms with van der Waals surface area (Å²) < 4.78 is 0. The van der Waals surface area contributed by atoms with Gasteiger partial charge in [0.1, 0.15) is 0 Å². The van der Waals surface area contributed by atoms with E-state index in [1.54, 1.807) is 12.1 Å². The highest BCUT2D eigenvalue weighted by Crippen LogP contribution is 2.19. The zero-order valence-corrected chi connectivity index (χ0v) is 16.7. The number of thiophene rings is 1. The zero-order valence-electron chi connectivity index (χ0n) is 15.9. The average Bonchev–Trinajstić information content (AvgIpc) is 3.15. The lowest BCUT2D eigenvalue weighted by molar-refractivity contribution is -0.384. The lowest BCUT2D eigenvalue weighted by atomic mass is 10.0. The molecular formula is C21H30N2O2S. The number of unbranched alkanes of at least 4 members (excludes halogenated alkanes) is 1. The molecule has 26 heavy (non-hydrogen) atoms. The number of aryl methyl sites for hydroxylation is 1. The van der Waals surface area contributed by atoms with Crippen LogP contribution in [0.4, 0.5) is 5.69 Å². The van der Waals surface area contributed by atoms with Crippen LogP contribution in [-0.2, 0) is 12.8 Å². The number of rotatable bonds is 12. The van der Waals surface area contributed by atoms with Crippen molar-refractivity contribution in [2.45, 2.75) is 58.4 Å². The van der Waals surface area contributed by atoms with Gasteiger partial charge >= 0.3 is 0 Å². The molecular weight excluding hydrogens is 344 g/mol. The molecule has 0 spiro atoms. The van der Waals surface area contributed by atoms with Gasteiger partial charge in [-0.05, 0) is 62.2 Å². The predicted octanol–water partition coefficient (Wildman–Crippen LogP) is 5.71. The Bertz CT molecular complexity index is 641. The van der Waals surface area contributed by atoms with Gasteiger partial charge in [0.05, 0.1) is 4.92 Å². The van der Waals surface area contributed by atoms with Gasteiger partial charge in [-0.1, -0.05) is 38.5 Å². The number of benzene rings is 1. The Morgan fingerprint density at radius 1 is 1.15 bits per heavy atom. The molecule has 0 aliphatic rings. The molecule has 1 aromatic carbocycles. The maximum Gasteiger partial charge on any atom is 0.269 e. The summed E-state index contributed by atoms with van der Waals surface area (Å²) in [5, 5.41) is 12.9. The van der Waals surface area contributed by atoms with E-state index in [1.165, 1.54) is 23.3 Å². The summed E-state index contributed by atoms with van der Waals surface area (Å²) in [5.74, 6) is 0. The highest BCUT2D eigenvalue weighted by atomic mass is 32.1. The van der Waals surface area contributed by atoms with Gasteiger partial charge < -0.3 is 4.90 Å². The van der Waals surface area contributed by atoms with Crippen molar-refractivity contribution in [3.63, 3.8) is 0 Å². The van der Waals surface area contributed by atoms with Gasteiger partial charge in [0.2, 0.25) is 0 Å². The Labute approximate surface area is 161 Å². The molecule has 0 aliphatic heterocycles. The van der Waals surface area contributed by atoms with Crippen LogP contribution >= 0.6 is 11.3 Å². The van der Waals surface area contributed by atoms with E-state index >= 15 is 0 Å². The second kappa shape index (κ2) is 11.1. The van der Waals surface area contributed by atoms with Gasteiger partial charge in [-0.15, -0.1) is 11.3 Å². The van der Waals surface area contributed by atoms with E-state index in [4.69, 9.17) is 0 Å². The fourth-order valence-corrected chi connectivity index (χ4v) is 4.21. The molecule has 1 heterocycles. The summed E-state index contributed by atoms with van der Waals surface area (Å²) in [5.41, 5.74) is 1.35. The molecule has 0 aliphatic carbocycles. The summed E-state index contributed by atoms with van der Waals surface area (Å²) in [7, 11) is 0. The summed E-state index contributed by atoms with van der Waals surface area (Å²) in [6.45, 7) is 6.74. The summed E-state index contributed by atoms with van der Waals surface area (Å²) in [6, 6.07) is 12.0. The molecule has 0 bridgehead atoms. The average molecular weight is 375 g/mol. The standard InChI is InChI=1S/C21H30N2O2S/c1-3-8-20(17-21-10-7-16-26-21)22(4-2)15-6-5-9-18-11-13-19(14-12-18)23(24)25/h7,10-14,16,20H,3-6,8-9,15,17H2,1-2H3. The van der Waals surface area contributed by atoms with E-state index in [0.717, 1.165) is 38.8 Å². The first-order valence-electron chi connectivity index (χ1n) is 9.63. The smallest absolute Gasteiger partial charge is 0.269 e. The number of nitro benzene ring substituents is 1. The summed E-state index contributed by atoms with van der Waals surface area (Å²) in [6.07, 6.45) is 6.88. The topological polar surface area (TPSA) is 46.4 Å². The zero-order chi connectivity index (χ0) is 18.8. The number of nitrogens with zero attached hydrogens (tertiary/aromatic N) is 2. The largest absolute Gasteiger partial charge is 0.300 e. The molecule has 5 heteroatoms. The molecule has 0 fully saturated rings. The first-order chi connectivity index (χ1) is 12.6. The molecule has 0 saturated heterocycles. The fraction of sp³-hybridized carbons (Fsp3) is 0.524. The second-order valence-corrected chi connectivity index (χ2v) is 7.77. The molecule has 0 radical (unpaired) electrons. The van der Waals surface area contributed by atoms with Crippen molar-refractivity contribution < 1.29 is 4.92 Å². The van der Waals surface area contributed by atoms with Crippen molar-refractivity contribution in [1.82, 2.24) is 4.90 Å². The van der Waals surface area contributed by atoms with Crippen LogP contribution in [0.1, 0.15) is 50.0 Å². The monoisotopic (exact) mass is 374 g/mol. The van der Waals surface area contributed by atoms with Gasteiger partial charge in [0.25, 0.3) is 5.69 Å². The quantitative estimate of drug-likeness (QED) is 0.271. The summed E-state index contributed by atoms with van der Waals surface area (Å²) in [4.78, 5) is 14.5. The van der Waals surface area contributed by atoms with Crippen LogP contribution in [0, 0.1) is 10.1 Å². The third kappa shape index (κ3) is 6.54. The van der Waals surface area contributed by atoms with E-state index in [9.17, 15) is 10.1 Å². The van der Waals surface area contributed by atoms with E-state index < -0.39 is 0 Å². The van der Waals surface area contributed by atoms with Crippen LogP contribution in [0.15, 0.2) is 41.8 Å². The maximum atomic E-state index is 10.7. The van der Waals surface area contributed by atoms with Crippen LogP contribution in [0.2, 0.25) is 0 Å². The number of hydrogen-bond donors (Lipinski definition) is 0. The highest BCUT2D eigenvalue weighted by molar-refractivity contribution is 7.09. The first-order valence-corrected chi connectivity index (χ1v) is 10.5. The SMILES string of the molecule is CCCC(Cc1cccs1)N(CC)CCCCc1ccc([N+](=O)[O-])cc1. The normalized spacial score (nSPS) is 12.4. The number of likely N-dealkylation sites (N-methyl/N-ethyl adjacent to an activating group) is 1. The maximum absolute atomic E-state index is 10.7. The first kappa shape index (κ1) is 20.6. The van der Waals surface area contributed by atoms with E-state index in [1.807, 2.05) is 23.5 Å². The van der Waals surface area contributed by atoms with Gasteiger partial charge in [-0.3, -0.25) is 10.1 Å². The van der Waals surface area contributed by atoms with Crippen LogP contribution < -0.4 is 0 Å². The molecule has 4 nitrogen and oxygen atoms in total. The molecule has 2 rings (SSSR count). The third-order valence-electron chi connectivity index (χ3n) is 4.87. The second-order valence-electron chi connectivity index (χ2n) is 6.74. The van der Waals surface area contributed by atoms with Crippen LogP contribution in [0.25, 0.3) is 0 Å². The van der Waals surface area contributed by atoms with E-state index in [2.05, 4.69) is 36.3 Å². The number of hydrogen-bond acceptors (Lipinski definition) is 4. The van der Waals surface area contributed by atoms with Gasteiger partial charge in [-0.2, -0.15) is 0 Å². The van der Waals surface area contributed by atoms with Crippen molar-refractivity contribution in [2.75, 3.05) is 13.1 Å². The fourth-order valence-electron chi connectivity index (χ4n) is 3.44. The Balaban J connectivity index is 1.79. The number of nitro groups is 1. The molecule has 0 saturated carbocycles. The van der Waals surface area contributed by atoms with Crippen molar-refractivity contribution in [1.29, 1.82) is 0 Å². The lowest BCUT2D eigenvalue weighted by Gasteiger charge is -2.30. The van der Waals surface area contributed by atoms with Gasteiger partial charge in [0, 0.05) is 23.1 Å².